The van der Waals surface area contributed by atoms with Crippen LogP contribution in [-0.4, -0.2) is 41.6 Å². The average molecular weight is 555 g/mol. The molecule has 0 saturated carbocycles. The van der Waals surface area contributed by atoms with Gasteiger partial charge in [0.15, 0.2) is 5.13 Å². The largest absolute Gasteiger partial charge is 0.507 e. The SMILES string of the molecule is C=CCOc1ccc([C@@H]2/C(=C(\O)c3ccc4c(c3)C[C@@H](C)O4)C(=O)C(=O)N2c2nc3ccc(OC)cc3s2)cc1. The minimum atomic E-state index is -0.903. The first-order valence-corrected chi connectivity index (χ1v) is 13.6. The van der Waals surface area contributed by atoms with Gasteiger partial charge in [-0.25, -0.2) is 4.98 Å². The maximum absolute atomic E-state index is 13.6. The van der Waals surface area contributed by atoms with Crippen molar-refractivity contribution in [3.63, 3.8) is 0 Å². The molecule has 0 spiro atoms. The van der Waals surface area contributed by atoms with Crippen LogP contribution in [0.5, 0.6) is 17.2 Å². The molecule has 2 atom stereocenters. The third-order valence-corrected chi connectivity index (χ3v) is 7.99. The molecule has 2 aliphatic rings. The number of aliphatic hydroxyl groups excluding tert-OH is 1. The normalized spacial score (nSPS) is 19.5. The van der Waals surface area contributed by atoms with Gasteiger partial charge in [0.05, 0.1) is 28.9 Å². The van der Waals surface area contributed by atoms with E-state index in [1.165, 1.54) is 16.2 Å². The number of hydrogen-bond donors (Lipinski definition) is 1. The number of rotatable bonds is 7. The predicted octanol–water partition coefficient (Wildman–Crippen LogP) is 5.82. The lowest BCUT2D eigenvalue weighted by Gasteiger charge is -2.23. The van der Waals surface area contributed by atoms with Crippen molar-refractivity contribution >= 4 is 44.1 Å². The van der Waals surface area contributed by atoms with E-state index in [4.69, 9.17) is 14.2 Å². The van der Waals surface area contributed by atoms with Gasteiger partial charge in [-0.05, 0) is 66.6 Å². The van der Waals surface area contributed by atoms with Crippen LogP contribution in [0.25, 0.3) is 16.0 Å². The minimum Gasteiger partial charge on any atom is -0.507 e. The van der Waals surface area contributed by atoms with Gasteiger partial charge in [0, 0.05) is 12.0 Å². The first-order chi connectivity index (χ1) is 19.4. The second-order valence-electron chi connectivity index (χ2n) is 9.62. The van der Waals surface area contributed by atoms with Crippen LogP contribution in [0.4, 0.5) is 5.13 Å². The van der Waals surface area contributed by atoms with E-state index in [1.54, 1.807) is 61.7 Å². The fourth-order valence-corrected chi connectivity index (χ4v) is 6.12. The molecule has 0 unspecified atom stereocenters. The highest BCUT2D eigenvalue weighted by molar-refractivity contribution is 7.22. The Kier molecular flexibility index (Phi) is 6.51. The topological polar surface area (TPSA) is 98.2 Å². The van der Waals surface area contributed by atoms with Gasteiger partial charge < -0.3 is 19.3 Å². The second kappa shape index (κ2) is 10.2. The van der Waals surface area contributed by atoms with Crippen LogP contribution in [0, 0.1) is 0 Å². The first-order valence-electron chi connectivity index (χ1n) is 12.8. The van der Waals surface area contributed by atoms with Crippen molar-refractivity contribution in [1.82, 2.24) is 4.98 Å². The zero-order valence-corrected chi connectivity index (χ0v) is 22.7. The van der Waals surface area contributed by atoms with E-state index in [0.29, 0.717) is 46.3 Å². The highest BCUT2D eigenvalue weighted by Crippen LogP contribution is 2.45. The fraction of sp³-hybridized carbons (Fsp3) is 0.194. The number of benzene rings is 3. The van der Waals surface area contributed by atoms with Crippen molar-refractivity contribution in [2.75, 3.05) is 18.6 Å². The van der Waals surface area contributed by atoms with Crippen molar-refractivity contribution in [2.45, 2.75) is 25.5 Å². The molecular formula is C31H26N2O6S. The molecule has 4 aromatic rings. The van der Waals surface area contributed by atoms with Crippen molar-refractivity contribution in [2.24, 2.45) is 0 Å². The highest BCUT2D eigenvalue weighted by atomic mass is 32.1. The van der Waals surface area contributed by atoms with Crippen LogP contribution in [-0.2, 0) is 16.0 Å². The molecule has 1 aromatic heterocycles. The van der Waals surface area contributed by atoms with Gasteiger partial charge >= 0.3 is 5.91 Å². The number of aliphatic hydroxyl groups is 1. The minimum absolute atomic E-state index is 0.00601. The van der Waals surface area contributed by atoms with Crippen LogP contribution < -0.4 is 19.1 Å². The molecule has 1 saturated heterocycles. The molecule has 2 aliphatic heterocycles. The summed E-state index contributed by atoms with van der Waals surface area (Å²) in [6, 6.07) is 16.9. The molecule has 1 N–H and O–H groups in total. The third-order valence-electron chi connectivity index (χ3n) is 6.97. The summed E-state index contributed by atoms with van der Waals surface area (Å²) in [6.45, 7) is 5.98. The summed E-state index contributed by atoms with van der Waals surface area (Å²) in [4.78, 5) is 33.2. The van der Waals surface area contributed by atoms with E-state index in [1.807, 2.05) is 19.1 Å². The summed E-state index contributed by atoms with van der Waals surface area (Å²) in [7, 11) is 1.58. The number of anilines is 1. The molecule has 9 heteroatoms. The molecular weight excluding hydrogens is 528 g/mol. The Morgan fingerprint density at radius 2 is 1.93 bits per heavy atom. The van der Waals surface area contributed by atoms with Crippen LogP contribution >= 0.6 is 11.3 Å². The lowest BCUT2D eigenvalue weighted by molar-refractivity contribution is -0.132. The molecule has 202 valence electrons. The Labute approximate surface area is 234 Å². The third kappa shape index (κ3) is 4.38. The van der Waals surface area contributed by atoms with E-state index < -0.39 is 17.7 Å². The molecule has 3 aromatic carbocycles. The first kappa shape index (κ1) is 25.6. The number of fused-ring (bicyclic) bond motifs is 2. The molecule has 6 rings (SSSR count). The number of ether oxygens (including phenoxy) is 3. The van der Waals surface area contributed by atoms with Crippen LogP contribution in [0.1, 0.15) is 29.7 Å². The number of carbonyl (C=O) groups is 2. The van der Waals surface area contributed by atoms with Gasteiger partial charge in [0.25, 0.3) is 5.78 Å². The number of ketones is 1. The van der Waals surface area contributed by atoms with Gasteiger partial charge in [0.1, 0.15) is 35.7 Å². The molecule has 3 heterocycles. The van der Waals surface area contributed by atoms with E-state index in [0.717, 1.165) is 16.0 Å². The Bertz CT molecular complexity index is 1690. The molecule has 1 amide bonds. The molecule has 1 fully saturated rings. The van der Waals surface area contributed by atoms with Gasteiger partial charge in [-0.2, -0.15) is 0 Å². The number of methoxy groups -OCH3 is 1. The van der Waals surface area contributed by atoms with Gasteiger partial charge in [-0.3, -0.25) is 14.5 Å². The predicted molar refractivity (Wildman–Crippen MR) is 153 cm³/mol. The number of carbonyl (C=O) groups excluding carboxylic acids is 2. The molecule has 0 aliphatic carbocycles. The smallest absolute Gasteiger partial charge is 0.301 e. The number of aromatic nitrogens is 1. The summed E-state index contributed by atoms with van der Waals surface area (Å²) in [5.74, 6) is 0.231. The Morgan fingerprint density at radius 3 is 2.67 bits per heavy atom. The number of Topliss-reactive ketones (excluding diaryl/α,β-unsaturated/α-hetero) is 1. The van der Waals surface area contributed by atoms with E-state index in [-0.39, 0.29) is 17.4 Å². The summed E-state index contributed by atoms with van der Waals surface area (Å²) in [6.07, 6.45) is 2.36. The summed E-state index contributed by atoms with van der Waals surface area (Å²) >= 11 is 1.27. The van der Waals surface area contributed by atoms with Crippen molar-refractivity contribution in [1.29, 1.82) is 0 Å². The average Bonchev–Trinajstić information content (AvgIpc) is 3.63. The number of hydrogen-bond acceptors (Lipinski definition) is 8. The summed E-state index contributed by atoms with van der Waals surface area (Å²) < 4.78 is 17.6. The van der Waals surface area contributed by atoms with E-state index in [2.05, 4.69) is 11.6 Å². The van der Waals surface area contributed by atoms with Crippen molar-refractivity contribution < 1.29 is 28.9 Å². The Hall–Kier alpha value is -4.63. The molecule has 0 radical (unpaired) electrons. The zero-order chi connectivity index (χ0) is 28.0. The quantitative estimate of drug-likeness (QED) is 0.133. The van der Waals surface area contributed by atoms with Crippen LogP contribution in [0.15, 0.2) is 78.9 Å². The van der Waals surface area contributed by atoms with E-state index in [9.17, 15) is 14.7 Å². The maximum atomic E-state index is 13.6. The number of nitrogens with zero attached hydrogens (tertiary/aromatic N) is 2. The molecule has 0 bridgehead atoms. The van der Waals surface area contributed by atoms with Gasteiger partial charge in [0.2, 0.25) is 0 Å². The lowest BCUT2D eigenvalue weighted by atomic mass is 9.94. The zero-order valence-electron chi connectivity index (χ0n) is 21.9. The highest BCUT2D eigenvalue weighted by Gasteiger charge is 2.48. The molecule has 40 heavy (non-hydrogen) atoms. The van der Waals surface area contributed by atoms with Gasteiger partial charge in [-0.1, -0.05) is 36.1 Å². The summed E-state index contributed by atoms with van der Waals surface area (Å²) in [5.41, 5.74) is 2.67. The van der Waals surface area contributed by atoms with Crippen molar-refractivity contribution in [3.8, 4) is 17.2 Å². The lowest BCUT2D eigenvalue weighted by Crippen LogP contribution is -2.29. The number of amides is 1. The van der Waals surface area contributed by atoms with E-state index >= 15 is 0 Å². The number of thiazole rings is 1. The standard InChI is InChI=1S/C31H26N2O6S/c1-4-13-38-21-8-5-18(6-9-21)27-26(28(34)19-7-12-24-20(15-19)14-17(2)39-24)29(35)30(36)33(27)31-32-23-11-10-22(37-3)16-25(23)40-31/h4-12,15-17,27,34H,1,13-14H2,2-3H3/b28-26+/t17-,27-/m1/s1. The van der Waals surface area contributed by atoms with Crippen molar-refractivity contribution in [3.05, 3.63) is 95.6 Å². The fourth-order valence-electron chi connectivity index (χ4n) is 5.09. The molecule has 8 nitrogen and oxygen atoms in total. The summed E-state index contributed by atoms with van der Waals surface area (Å²) in [5, 5.41) is 11.9. The maximum Gasteiger partial charge on any atom is 0.301 e. The van der Waals surface area contributed by atoms with Gasteiger partial charge in [-0.15, -0.1) is 0 Å². The Balaban J connectivity index is 1.49. The Morgan fingerprint density at radius 1 is 1.15 bits per heavy atom. The van der Waals surface area contributed by atoms with Crippen LogP contribution in [0.3, 0.4) is 0 Å². The monoisotopic (exact) mass is 554 g/mol. The van der Waals surface area contributed by atoms with Crippen LogP contribution in [0.2, 0.25) is 0 Å². The second-order valence-corrected chi connectivity index (χ2v) is 10.6.